The van der Waals surface area contributed by atoms with E-state index in [9.17, 15) is 8.42 Å². The van der Waals surface area contributed by atoms with Gasteiger partial charge < -0.3 is 11.1 Å². The molecule has 0 spiro atoms. The van der Waals surface area contributed by atoms with Crippen LogP contribution in [0, 0.1) is 0 Å². The minimum atomic E-state index is -3.55. The number of hydrogen-bond acceptors (Lipinski definition) is 4. The Morgan fingerprint density at radius 1 is 1.10 bits per heavy atom. The van der Waals surface area contributed by atoms with Crippen LogP contribution in [0.25, 0.3) is 0 Å². The van der Waals surface area contributed by atoms with Gasteiger partial charge in [-0.25, -0.2) is 13.1 Å². The van der Waals surface area contributed by atoms with Crippen molar-refractivity contribution in [3.8, 4) is 0 Å². The van der Waals surface area contributed by atoms with E-state index in [1.165, 1.54) is 13.1 Å². The summed E-state index contributed by atoms with van der Waals surface area (Å²) in [4.78, 5) is 0.0524. The summed E-state index contributed by atoms with van der Waals surface area (Å²) in [5.74, 6) is 0. The van der Waals surface area contributed by atoms with E-state index in [1.807, 2.05) is 12.1 Å². The quantitative estimate of drug-likeness (QED) is 0.758. The van der Waals surface area contributed by atoms with Gasteiger partial charge in [-0.3, -0.25) is 0 Å². The van der Waals surface area contributed by atoms with Gasteiger partial charge in [-0.15, -0.1) is 0 Å². The maximum absolute atomic E-state index is 11.7. The van der Waals surface area contributed by atoms with Crippen LogP contribution in [0.3, 0.4) is 0 Å². The van der Waals surface area contributed by atoms with Crippen molar-refractivity contribution >= 4 is 38.7 Å². The molecule has 0 aromatic heterocycles. The third-order valence-electron chi connectivity index (χ3n) is 2.68. The molecular weight excluding hydrogens is 298 g/mol. The minimum absolute atomic E-state index is 0.0524. The van der Waals surface area contributed by atoms with E-state index >= 15 is 0 Å². The molecule has 4 N–H and O–H groups in total. The summed E-state index contributed by atoms with van der Waals surface area (Å²) >= 11 is 5.89. The summed E-state index contributed by atoms with van der Waals surface area (Å²) in [5, 5.41) is 3.71. The smallest absolute Gasteiger partial charge is 0.242 e. The lowest BCUT2D eigenvalue weighted by atomic mass is 10.2. The van der Waals surface area contributed by atoms with Gasteiger partial charge in [-0.1, -0.05) is 17.7 Å². The molecular formula is C13H14ClN3O2S. The zero-order valence-electron chi connectivity index (χ0n) is 10.7. The number of benzene rings is 2. The van der Waals surface area contributed by atoms with E-state index in [1.54, 1.807) is 24.3 Å². The SMILES string of the molecule is CNS(=O)(=O)c1ccc(Nc2cccc(Cl)c2)cc1N. The first-order valence-electron chi connectivity index (χ1n) is 5.78. The molecule has 0 aliphatic heterocycles. The Kier molecular flexibility index (Phi) is 4.17. The Labute approximate surface area is 122 Å². The molecule has 0 amide bonds. The molecule has 0 radical (unpaired) electrons. The first kappa shape index (κ1) is 14.6. The van der Waals surface area contributed by atoms with Gasteiger partial charge in [0.1, 0.15) is 4.90 Å². The third-order valence-corrected chi connectivity index (χ3v) is 4.40. The summed E-state index contributed by atoms with van der Waals surface area (Å²) in [6.07, 6.45) is 0. The molecule has 0 atom stereocenters. The molecule has 106 valence electrons. The van der Waals surface area contributed by atoms with Crippen LogP contribution in [0.4, 0.5) is 17.1 Å². The largest absolute Gasteiger partial charge is 0.398 e. The molecule has 7 heteroatoms. The number of halogens is 1. The predicted octanol–water partition coefficient (Wildman–Crippen LogP) is 2.57. The van der Waals surface area contributed by atoms with Crippen molar-refractivity contribution in [2.75, 3.05) is 18.1 Å². The molecule has 0 bridgehead atoms. The lowest BCUT2D eigenvalue weighted by Gasteiger charge is -2.10. The number of anilines is 3. The summed E-state index contributed by atoms with van der Waals surface area (Å²) in [7, 11) is -2.21. The lowest BCUT2D eigenvalue weighted by Crippen LogP contribution is -2.19. The molecule has 2 rings (SSSR count). The maximum Gasteiger partial charge on any atom is 0.242 e. The van der Waals surface area contributed by atoms with Crippen LogP contribution >= 0.6 is 11.6 Å². The van der Waals surface area contributed by atoms with Gasteiger partial charge in [0.2, 0.25) is 10.0 Å². The lowest BCUT2D eigenvalue weighted by molar-refractivity contribution is 0.588. The average Bonchev–Trinajstić information content (AvgIpc) is 2.38. The van der Waals surface area contributed by atoms with Crippen molar-refractivity contribution in [2.45, 2.75) is 4.90 Å². The molecule has 0 fully saturated rings. The highest BCUT2D eigenvalue weighted by molar-refractivity contribution is 7.89. The summed E-state index contributed by atoms with van der Waals surface area (Å²) in [6.45, 7) is 0. The predicted molar refractivity (Wildman–Crippen MR) is 81.8 cm³/mol. The van der Waals surface area contributed by atoms with Crippen molar-refractivity contribution in [2.24, 2.45) is 0 Å². The van der Waals surface area contributed by atoms with Crippen LogP contribution in [0.15, 0.2) is 47.4 Å². The number of sulfonamides is 1. The highest BCUT2D eigenvalue weighted by atomic mass is 35.5. The number of hydrogen-bond donors (Lipinski definition) is 3. The number of nitrogens with one attached hydrogen (secondary N) is 2. The number of nitrogen functional groups attached to an aromatic ring is 1. The second-order valence-electron chi connectivity index (χ2n) is 4.10. The fourth-order valence-corrected chi connectivity index (χ4v) is 2.74. The van der Waals surface area contributed by atoms with Gasteiger partial charge in [0, 0.05) is 16.4 Å². The van der Waals surface area contributed by atoms with Gasteiger partial charge in [-0.05, 0) is 43.4 Å². The average molecular weight is 312 g/mol. The van der Waals surface area contributed by atoms with E-state index < -0.39 is 10.0 Å². The van der Waals surface area contributed by atoms with Gasteiger partial charge in [0.25, 0.3) is 0 Å². The third kappa shape index (κ3) is 3.22. The summed E-state index contributed by atoms with van der Waals surface area (Å²) < 4.78 is 25.6. The van der Waals surface area contributed by atoms with E-state index in [4.69, 9.17) is 17.3 Å². The summed E-state index contributed by atoms with van der Waals surface area (Å²) in [6, 6.07) is 11.8. The van der Waals surface area contributed by atoms with Gasteiger partial charge >= 0.3 is 0 Å². The van der Waals surface area contributed by atoms with E-state index in [0.29, 0.717) is 10.7 Å². The molecule has 0 saturated heterocycles. The number of nitrogens with two attached hydrogens (primary N) is 1. The van der Waals surface area contributed by atoms with Gasteiger partial charge in [0.15, 0.2) is 0 Å². The number of rotatable bonds is 4. The normalized spacial score (nSPS) is 11.3. The van der Waals surface area contributed by atoms with Crippen LogP contribution in [-0.4, -0.2) is 15.5 Å². The van der Waals surface area contributed by atoms with Crippen LogP contribution in [0.5, 0.6) is 0 Å². The molecule has 0 aliphatic rings. The van der Waals surface area contributed by atoms with E-state index in [-0.39, 0.29) is 10.6 Å². The Morgan fingerprint density at radius 2 is 1.80 bits per heavy atom. The van der Waals surface area contributed by atoms with Crippen LogP contribution in [0.2, 0.25) is 5.02 Å². The van der Waals surface area contributed by atoms with Crippen molar-refractivity contribution in [1.82, 2.24) is 4.72 Å². The first-order chi connectivity index (χ1) is 9.42. The molecule has 0 saturated carbocycles. The van der Waals surface area contributed by atoms with Crippen molar-refractivity contribution in [1.29, 1.82) is 0 Å². The Balaban J connectivity index is 2.30. The van der Waals surface area contributed by atoms with Gasteiger partial charge in [0.05, 0.1) is 5.69 Å². The van der Waals surface area contributed by atoms with Crippen LogP contribution < -0.4 is 15.8 Å². The maximum atomic E-state index is 11.7. The molecule has 0 aliphatic carbocycles. The van der Waals surface area contributed by atoms with E-state index in [0.717, 1.165) is 5.69 Å². The molecule has 5 nitrogen and oxygen atoms in total. The highest BCUT2D eigenvalue weighted by Gasteiger charge is 2.15. The monoisotopic (exact) mass is 311 g/mol. The second kappa shape index (κ2) is 5.70. The topological polar surface area (TPSA) is 84.2 Å². The van der Waals surface area contributed by atoms with Crippen LogP contribution in [-0.2, 0) is 10.0 Å². The Bertz CT molecular complexity index is 732. The van der Waals surface area contributed by atoms with Crippen LogP contribution in [0.1, 0.15) is 0 Å². The second-order valence-corrected chi connectivity index (χ2v) is 6.39. The Hall–Kier alpha value is -1.76. The standard InChI is InChI=1S/C13H14ClN3O2S/c1-16-20(18,19)13-6-5-11(8-12(13)15)17-10-4-2-3-9(14)7-10/h2-8,16-17H,15H2,1H3. The molecule has 20 heavy (non-hydrogen) atoms. The fraction of sp³-hybridized carbons (Fsp3) is 0.0769. The van der Waals surface area contributed by atoms with Crippen molar-refractivity contribution in [3.63, 3.8) is 0 Å². The first-order valence-corrected chi connectivity index (χ1v) is 7.64. The molecule has 0 unspecified atom stereocenters. The minimum Gasteiger partial charge on any atom is -0.398 e. The highest BCUT2D eigenvalue weighted by Crippen LogP contribution is 2.25. The molecule has 2 aromatic carbocycles. The van der Waals surface area contributed by atoms with Crippen molar-refractivity contribution < 1.29 is 8.42 Å². The Morgan fingerprint density at radius 3 is 2.40 bits per heavy atom. The zero-order chi connectivity index (χ0) is 14.8. The van der Waals surface area contributed by atoms with Crippen molar-refractivity contribution in [3.05, 3.63) is 47.5 Å². The van der Waals surface area contributed by atoms with Gasteiger partial charge in [-0.2, -0.15) is 0 Å². The zero-order valence-corrected chi connectivity index (χ0v) is 12.3. The van der Waals surface area contributed by atoms with E-state index in [2.05, 4.69) is 10.0 Å². The molecule has 0 heterocycles. The fourth-order valence-electron chi connectivity index (χ4n) is 1.71. The molecule has 2 aromatic rings. The summed E-state index contributed by atoms with van der Waals surface area (Å²) in [5.41, 5.74) is 7.43.